The smallest absolute Gasteiger partial charge is 0.0921 e. The van der Waals surface area contributed by atoms with Gasteiger partial charge in [-0.3, -0.25) is 0 Å². The number of hydrogen-bond donors (Lipinski definition) is 4. The van der Waals surface area contributed by atoms with Gasteiger partial charge in [-0.1, -0.05) is 53.9 Å². The first-order chi connectivity index (χ1) is 17.6. The van der Waals surface area contributed by atoms with E-state index in [1.807, 2.05) is 6.20 Å². The van der Waals surface area contributed by atoms with Crippen LogP contribution in [0.2, 0.25) is 0 Å². The average Bonchev–Trinajstić information content (AvgIpc) is 3.48. The van der Waals surface area contributed by atoms with Gasteiger partial charge in [0.1, 0.15) is 0 Å². The van der Waals surface area contributed by atoms with Crippen LogP contribution >= 0.6 is 12.4 Å². The maximum Gasteiger partial charge on any atom is 0.0921 e. The second kappa shape index (κ2) is 11.7. The predicted molar refractivity (Wildman–Crippen MR) is 157 cm³/mol. The second-order valence-electron chi connectivity index (χ2n) is 14.7. The van der Waals surface area contributed by atoms with Gasteiger partial charge in [0.25, 0.3) is 0 Å². The van der Waals surface area contributed by atoms with Crippen LogP contribution in [0.3, 0.4) is 0 Å². The van der Waals surface area contributed by atoms with Crippen LogP contribution < -0.4 is 5.32 Å². The molecule has 0 aliphatic heterocycles. The third-order valence-corrected chi connectivity index (χ3v) is 12.4. The molecular weight excluding hydrogens is 494 g/mol. The van der Waals surface area contributed by atoms with Crippen molar-refractivity contribution in [1.82, 2.24) is 15.3 Å². The zero-order valence-corrected chi connectivity index (χ0v) is 25.5. The Morgan fingerprint density at radius 1 is 1.08 bits per heavy atom. The topological polar surface area (TPSA) is 81.2 Å². The van der Waals surface area contributed by atoms with Gasteiger partial charge >= 0.3 is 0 Å². The maximum atomic E-state index is 12.4. The van der Waals surface area contributed by atoms with Crippen LogP contribution in [-0.2, 0) is 6.42 Å². The number of fused-ring (bicyclic) bond motifs is 5. The molecule has 0 bridgehead atoms. The number of nitrogens with zero attached hydrogens (tertiary/aromatic N) is 1. The van der Waals surface area contributed by atoms with Crippen LogP contribution in [0.25, 0.3) is 0 Å². The van der Waals surface area contributed by atoms with E-state index in [0.29, 0.717) is 23.7 Å². The molecule has 0 saturated heterocycles. The van der Waals surface area contributed by atoms with Crippen molar-refractivity contribution in [3.63, 3.8) is 0 Å². The van der Waals surface area contributed by atoms with Gasteiger partial charge < -0.3 is 20.5 Å². The van der Waals surface area contributed by atoms with E-state index in [4.69, 9.17) is 0 Å². The van der Waals surface area contributed by atoms with Gasteiger partial charge in [-0.15, -0.1) is 12.4 Å². The molecule has 1 heterocycles. The van der Waals surface area contributed by atoms with Gasteiger partial charge in [0.2, 0.25) is 0 Å². The normalized spacial score (nSPS) is 43.2. The molecule has 4 saturated carbocycles. The fourth-order valence-corrected chi connectivity index (χ4v) is 10.4. The van der Waals surface area contributed by atoms with Crippen molar-refractivity contribution in [3.8, 4) is 0 Å². The van der Waals surface area contributed by atoms with Crippen LogP contribution in [0, 0.1) is 46.3 Å². The van der Waals surface area contributed by atoms with E-state index in [9.17, 15) is 10.2 Å². The highest BCUT2D eigenvalue weighted by molar-refractivity contribution is 5.85. The number of nitrogens with one attached hydrogen (secondary N) is 2. The zero-order chi connectivity index (χ0) is 26.4. The number of halogens is 1. The summed E-state index contributed by atoms with van der Waals surface area (Å²) in [5.41, 5.74) is 0.618. The third-order valence-electron chi connectivity index (χ3n) is 12.4. The summed E-state index contributed by atoms with van der Waals surface area (Å²) in [7, 11) is 0. The van der Waals surface area contributed by atoms with Crippen LogP contribution in [0.1, 0.15) is 111 Å². The van der Waals surface area contributed by atoms with E-state index in [0.717, 1.165) is 61.6 Å². The average molecular weight is 550 g/mol. The Kier molecular flexibility index (Phi) is 9.34. The second-order valence-corrected chi connectivity index (χ2v) is 14.7. The number of aromatic nitrogens is 2. The molecule has 6 heteroatoms. The van der Waals surface area contributed by atoms with E-state index < -0.39 is 5.60 Å². The number of hydrogen-bond acceptors (Lipinski definition) is 4. The first-order valence-corrected chi connectivity index (χ1v) is 15.7. The lowest BCUT2D eigenvalue weighted by atomic mass is 9.42. The SMILES string of the molecule is CC(C)CCC[C@@H](C)[C@H]1CC[C@H]2[C@@H]3C[C@@H](NCCc4cnc[nH]4)[C@@]4(O)C[C@@H](O)CC[C@]4(C)[C@H]3CC[C@]12C.Cl. The van der Waals surface area contributed by atoms with Gasteiger partial charge in [0.05, 0.1) is 18.0 Å². The zero-order valence-electron chi connectivity index (χ0n) is 24.7. The minimum absolute atomic E-state index is 0. The lowest BCUT2D eigenvalue weighted by Crippen LogP contribution is -2.71. The summed E-state index contributed by atoms with van der Waals surface area (Å²) in [5.74, 6) is 4.49. The largest absolute Gasteiger partial charge is 0.393 e. The molecule has 0 aromatic carbocycles. The minimum Gasteiger partial charge on any atom is -0.393 e. The third kappa shape index (κ3) is 5.23. The van der Waals surface area contributed by atoms with Crippen molar-refractivity contribution < 1.29 is 10.2 Å². The van der Waals surface area contributed by atoms with Gasteiger partial charge in [0, 0.05) is 42.7 Å². The van der Waals surface area contributed by atoms with E-state index >= 15 is 0 Å². The minimum atomic E-state index is -0.838. The summed E-state index contributed by atoms with van der Waals surface area (Å²) in [6.45, 7) is 13.1. The molecular formula is C32H56ClN3O2. The Morgan fingerprint density at radius 3 is 2.58 bits per heavy atom. The van der Waals surface area contributed by atoms with E-state index in [1.54, 1.807) is 6.33 Å². The summed E-state index contributed by atoms with van der Waals surface area (Å²) in [5, 5.41) is 27.0. The molecule has 4 fully saturated rings. The van der Waals surface area contributed by atoms with Crippen molar-refractivity contribution >= 4 is 12.4 Å². The highest BCUT2D eigenvalue weighted by Crippen LogP contribution is 2.69. The molecule has 4 aliphatic carbocycles. The van der Waals surface area contributed by atoms with Crippen molar-refractivity contribution in [3.05, 3.63) is 18.2 Å². The molecule has 0 radical (unpaired) electrons. The lowest BCUT2D eigenvalue weighted by Gasteiger charge is -2.66. The van der Waals surface area contributed by atoms with Crippen LogP contribution in [0.15, 0.2) is 12.5 Å². The lowest BCUT2D eigenvalue weighted by molar-refractivity contribution is -0.234. The standard InChI is InChI=1S/C32H55N3O2.ClH/c1-21(2)7-6-8-22(3)26-9-10-27-25-17-29(34-16-13-23-19-33-20-35-23)32(37)18-24(36)11-15-31(32,5)28(25)12-14-30(26,27)4;/h19-22,24-29,34,36-37H,6-18H2,1-5H3,(H,33,35);1H/t22-,24+,25+,26-,27+,28+,29-,30-,31-,32+;/m1./s1. The van der Waals surface area contributed by atoms with Crippen LogP contribution in [0.5, 0.6) is 0 Å². The monoisotopic (exact) mass is 549 g/mol. The van der Waals surface area contributed by atoms with E-state index in [2.05, 4.69) is 49.9 Å². The molecule has 4 N–H and O–H groups in total. The molecule has 0 amide bonds. The molecule has 1 aromatic heterocycles. The summed E-state index contributed by atoms with van der Waals surface area (Å²) in [6.07, 6.45) is 16.9. The highest BCUT2D eigenvalue weighted by Gasteiger charge is 2.67. The number of rotatable bonds is 9. The van der Waals surface area contributed by atoms with Crippen LogP contribution in [0.4, 0.5) is 0 Å². The van der Waals surface area contributed by atoms with Gasteiger partial charge in [-0.05, 0) is 85.9 Å². The highest BCUT2D eigenvalue weighted by atomic mass is 35.5. The van der Waals surface area contributed by atoms with Crippen molar-refractivity contribution in [2.24, 2.45) is 46.3 Å². The maximum absolute atomic E-state index is 12.4. The molecule has 5 nitrogen and oxygen atoms in total. The fourth-order valence-electron chi connectivity index (χ4n) is 10.4. The first kappa shape index (κ1) is 30.3. The van der Waals surface area contributed by atoms with E-state index in [-0.39, 0.29) is 30.0 Å². The summed E-state index contributed by atoms with van der Waals surface area (Å²) < 4.78 is 0. The summed E-state index contributed by atoms with van der Waals surface area (Å²) in [4.78, 5) is 7.39. The Bertz CT molecular complexity index is 895. The molecule has 5 rings (SSSR count). The Labute approximate surface area is 238 Å². The quantitative estimate of drug-likeness (QED) is 0.282. The molecule has 0 spiro atoms. The van der Waals surface area contributed by atoms with Crippen molar-refractivity contribution in [1.29, 1.82) is 0 Å². The molecule has 4 aliphatic rings. The van der Waals surface area contributed by atoms with Crippen molar-refractivity contribution in [2.45, 2.75) is 129 Å². The molecule has 38 heavy (non-hydrogen) atoms. The fraction of sp³-hybridized carbons (Fsp3) is 0.906. The van der Waals surface area contributed by atoms with Gasteiger partial charge in [0.15, 0.2) is 0 Å². The number of aliphatic hydroxyl groups is 2. The number of imidazole rings is 1. The van der Waals surface area contributed by atoms with Crippen LogP contribution in [-0.4, -0.2) is 44.5 Å². The number of aliphatic hydroxyl groups excluding tert-OH is 1. The van der Waals surface area contributed by atoms with Crippen molar-refractivity contribution in [2.75, 3.05) is 6.54 Å². The number of aromatic amines is 1. The Balaban J connectivity index is 0.00000336. The summed E-state index contributed by atoms with van der Waals surface area (Å²) in [6, 6.07) is 0.0430. The summed E-state index contributed by atoms with van der Waals surface area (Å²) >= 11 is 0. The van der Waals surface area contributed by atoms with Gasteiger partial charge in [-0.25, -0.2) is 4.98 Å². The van der Waals surface area contributed by atoms with E-state index in [1.165, 1.54) is 44.9 Å². The number of H-pyrrole nitrogens is 1. The molecule has 0 unspecified atom stereocenters. The van der Waals surface area contributed by atoms with Gasteiger partial charge in [-0.2, -0.15) is 0 Å². The predicted octanol–water partition coefficient (Wildman–Crippen LogP) is 6.54. The first-order valence-electron chi connectivity index (χ1n) is 15.7. The molecule has 1 aromatic rings. The Morgan fingerprint density at radius 2 is 1.87 bits per heavy atom. The molecule has 10 atom stereocenters. The molecule has 218 valence electrons. The Hall–Kier alpha value is -0.620.